The number of anilines is 1. The van der Waals surface area contributed by atoms with Crippen molar-refractivity contribution in [2.45, 2.75) is 37.3 Å². The van der Waals surface area contributed by atoms with E-state index in [0.29, 0.717) is 5.25 Å². The molecule has 0 radical (unpaired) electrons. The van der Waals surface area contributed by atoms with Crippen LogP contribution in [0.25, 0.3) is 0 Å². The highest BCUT2D eigenvalue weighted by atomic mass is 32.2. The van der Waals surface area contributed by atoms with Crippen LogP contribution in [-0.4, -0.2) is 21.4 Å². The maximum absolute atomic E-state index is 12.1. The van der Waals surface area contributed by atoms with Gasteiger partial charge in [-0.15, -0.1) is 11.8 Å². The highest BCUT2D eigenvalue weighted by molar-refractivity contribution is 7.99. The summed E-state index contributed by atoms with van der Waals surface area (Å²) in [5, 5.41) is 9.34. The Balaban J connectivity index is 2.11. The molecule has 1 aromatic carbocycles. The van der Waals surface area contributed by atoms with Crippen LogP contribution < -0.4 is 10.9 Å². The number of carbonyl (C=O) groups is 1. The zero-order chi connectivity index (χ0) is 16.1. The summed E-state index contributed by atoms with van der Waals surface area (Å²) in [6.07, 6.45) is 1.11. The van der Waals surface area contributed by atoms with E-state index in [2.05, 4.69) is 35.4 Å². The number of nitrogens with one attached hydrogen (secondary N) is 2. The number of aryl methyl sites for hydroxylation is 1. The van der Waals surface area contributed by atoms with Crippen molar-refractivity contribution < 1.29 is 4.79 Å². The van der Waals surface area contributed by atoms with Crippen LogP contribution in [0.3, 0.4) is 0 Å². The number of rotatable bonds is 5. The van der Waals surface area contributed by atoms with Crippen molar-refractivity contribution in [3.63, 3.8) is 0 Å². The van der Waals surface area contributed by atoms with Crippen LogP contribution in [0.15, 0.2) is 40.0 Å². The predicted molar refractivity (Wildman–Crippen MR) is 89.6 cm³/mol. The summed E-state index contributed by atoms with van der Waals surface area (Å²) in [4.78, 5) is 24.2. The average molecular weight is 317 g/mol. The van der Waals surface area contributed by atoms with Gasteiger partial charge in [-0.3, -0.25) is 9.59 Å². The van der Waals surface area contributed by atoms with Gasteiger partial charge in [0.2, 0.25) is 0 Å². The number of aromatic nitrogens is 2. The largest absolute Gasteiger partial charge is 0.320 e. The third-order valence-electron chi connectivity index (χ3n) is 3.27. The maximum atomic E-state index is 12.1. The molecule has 22 heavy (non-hydrogen) atoms. The van der Waals surface area contributed by atoms with Crippen LogP contribution in [0.4, 0.5) is 5.69 Å². The number of H-pyrrole nitrogens is 1. The quantitative estimate of drug-likeness (QED) is 0.830. The number of hydrogen-bond donors (Lipinski definition) is 2. The lowest BCUT2D eigenvalue weighted by atomic mass is 10.2. The van der Waals surface area contributed by atoms with E-state index in [1.165, 1.54) is 17.0 Å². The second kappa shape index (κ2) is 7.26. The first-order chi connectivity index (χ1) is 10.5. The third-order valence-corrected chi connectivity index (χ3v) is 4.53. The Hall–Kier alpha value is -2.08. The summed E-state index contributed by atoms with van der Waals surface area (Å²) in [5.41, 5.74) is 1.58. The monoisotopic (exact) mass is 317 g/mol. The van der Waals surface area contributed by atoms with Crippen molar-refractivity contribution in [3.05, 3.63) is 51.9 Å². The molecule has 6 heteroatoms. The molecule has 2 N–H and O–H groups in total. The van der Waals surface area contributed by atoms with Crippen molar-refractivity contribution in [1.82, 2.24) is 10.2 Å². The first kappa shape index (κ1) is 16.3. The summed E-state index contributed by atoms with van der Waals surface area (Å²) >= 11 is 1.82. The molecule has 0 unspecified atom stereocenters. The molecule has 1 heterocycles. The minimum Gasteiger partial charge on any atom is -0.320 e. The van der Waals surface area contributed by atoms with Gasteiger partial charge in [-0.2, -0.15) is 5.10 Å². The van der Waals surface area contributed by atoms with Crippen LogP contribution in [-0.2, 0) is 0 Å². The molecule has 5 nitrogen and oxygen atoms in total. The Bertz CT molecular complexity index is 707. The molecule has 1 amide bonds. The van der Waals surface area contributed by atoms with Gasteiger partial charge in [-0.1, -0.05) is 13.8 Å². The summed E-state index contributed by atoms with van der Waals surface area (Å²) < 4.78 is 0. The molecule has 0 saturated heterocycles. The van der Waals surface area contributed by atoms with Gasteiger partial charge in [0.05, 0.1) is 0 Å². The second-order valence-electron chi connectivity index (χ2n) is 5.07. The van der Waals surface area contributed by atoms with E-state index in [0.717, 1.165) is 17.7 Å². The van der Waals surface area contributed by atoms with Gasteiger partial charge in [0.1, 0.15) is 5.69 Å². The van der Waals surface area contributed by atoms with Crippen LogP contribution in [0.2, 0.25) is 0 Å². The van der Waals surface area contributed by atoms with Gasteiger partial charge in [0.15, 0.2) is 0 Å². The standard InChI is InChI=1S/C16H19N3O2S/c1-4-11(3)22-12-5-6-13(10(2)9-12)17-16(21)14-7-8-15(20)19-18-14/h5-9,11H,4H2,1-3H3,(H,17,21)(H,19,20)/t11-/m0/s1. The Labute approximate surface area is 133 Å². The van der Waals surface area contributed by atoms with Gasteiger partial charge < -0.3 is 5.32 Å². The molecule has 2 rings (SSSR count). The molecule has 1 aromatic heterocycles. The summed E-state index contributed by atoms with van der Waals surface area (Å²) in [6.45, 7) is 6.31. The number of amides is 1. The number of thioether (sulfide) groups is 1. The molecule has 0 aliphatic carbocycles. The molecule has 0 fully saturated rings. The summed E-state index contributed by atoms with van der Waals surface area (Å²) in [7, 11) is 0. The Morgan fingerprint density at radius 1 is 1.36 bits per heavy atom. The van der Waals surface area contributed by atoms with E-state index in [-0.39, 0.29) is 17.2 Å². The third kappa shape index (κ3) is 4.21. The fourth-order valence-electron chi connectivity index (χ4n) is 1.82. The molecular weight excluding hydrogens is 298 g/mol. The maximum Gasteiger partial charge on any atom is 0.276 e. The van der Waals surface area contributed by atoms with Crippen molar-refractivity contribution in [2.75, 3.05) is 5.32 Å². The normalized spacial score (nSPS) is 12.0. The molecule has 0 saturated carbocycles. The highest BCUT2D eigenvalue weighted by Crippen LogP contribution is 2.28. The average Bonchev–Trinajstić information content (AvgIpc) is 2.50. The minimum absolute atomic E-state index is 0.178. The van der Waals surface area contributed by atoms with E-state index in [9.17, 15) is 9.59 Å². The van der Waals surface area contributed by atoms with Crippen molar-refractivity contribution in [2.24, 2.45) is 0 Å². The van der Waals surface area contributed by atoms with Crippen molar-refractivity contribution in [1.29, 1.82) is 0 Å². The number of benzene rings is 1. The summed E-state index contributed by atoms with van der Waals surface area (Å²) in [6, 6.07) is 8.63. The molecule has 0 bridgehead atoms. The minimum atomic E-state index is -0.346. The van der Waals surface area contributed by atoms with Gasteiger partial charge in [0, 0.05) is 21.9 Å². The zero-order valence-electron chi connectivity index (χ0n) is 12.8. The second-order valence-corrected chi connectivity index (χ2v) is 6.59. The SMILES string of the molecule is CC[C@H](C)Sc1ccc(NC(=O)c2ccc(=O)[nH]n2)c(C)c1. The van der Waals surface area contributed by atoms with E-state index < -0.39 is 0 Å². The Kier molecular flexibility index (Phi) is 5.38. The predicted octanol–water partition coefficient (Wildman–Crippen LogP) is 3.22. The zero-order valence-corrected chi connectivity index (χ0v) is 13.7. The van der Waals surface area contributed by atoms with E-state index >= 15 is 0 Å². The molecule has 0 spiro atoms. The fourth-order valence-corrected chi connectivity index (χ4v) is 2.85. The molecule has 0 aliphatic rings. The first-order valence-corrected chi connectivity index (χ1v) is 8.02. The Morgan fingerprint density at radius 2 is 2.14 bits per heavy atom. The van der Waals surface area contributed by atoms with Gasteiger partial charge in [-0.05, 0) is 43.2 Å². The van der Waals surface area contributed by atoms with Crippen LogP contribution >= 0.6 is 11.8 Å². The number of nitrogens with zero attached hydrogens (tertiary/aromatic N) is 1. The number of carbonyl (C=O) groups excluding carboxylic acids is 1. The highest BCUT2D eigenvalue weighted by Gasteiger charge is 2.10. The number of aromatic amines is 1. The van der Waals surface area contributed by atoms with Crippen LogP contribution in [0.5, 0.6) is 0 Å². The molecular formula is C16H19N3O2S. The van der Waals surface area contributed by atoms with Crippen LogP contribution in [0, 0.1) is 6.92 Å². The lowest BCUT2D eigenvalue weighted by molar-refractivity contribution is 0.102. The Morgan fingerprint density at radius 3 is 2.73 bits per heavy atom. The van der Waals surface area contributed by atoms with E-state index in [1.807, 2.05) is 30.8 Å². The van der Waals surface area contributed by atoms with Crippen molar-refractivity contribution in [3.8, 4) is 0 Å². The lowest BCUT2D eigenvalue weighted by Crippen LogP contribution is -2.18. The van der Waals surface area contributed by atoms with Crippen molar-refractivity contribution >= 4 is 23.4 Å². The smallest absolute Gasteiger partial charge is 0.276 e. The van der Waals surface area contributed by atoms with Crippen LogP contribution in [0.1, 0.15) is 36.3 Å². The fraction of sp³-hybridized carbons (Fsp3) is 0.312. The first-order valence-electron chi connectivity index (χ1n) is 7.14. The number of hydrogen-bond acceptors (Lipinski definition) is 4. The molecule has 2 aromatic rings. The van der Waals surface area contributed by atoms with Gasteiger partial charge in [-0.25, -0.2) is 5.10 Å². The molecule has 1 atom stereocenters. The molecule has 0 aliphatic heterocycles. The van der Waals surface area contributed by atoms with E-state index in [4.69, 9.17) is 0 Å². The lowest BCUT2D eigenvalue weighted by Gasteiger charge is -2.12. The van der Waals surface area contributed by atoms with Gasteiger partial charge >= 0.3 is 0 Å². The molecule has 116 valence electrons. The van der Waals surface area contributed by atoms with Gasteiger partial charge in [0.25, 0.3) is 11.5 Å². The topological polar surface area (TPSA) is 74.8 Å². The summed E-state index contributed by atoms with van der Waals surface area (Å²) in [5.74, 6) is -0.346. The van der Waals surface area contributed by atoms with E-state index in [1.54, 1.807) is 0 Å².